The molecule has 0 aliphatic heterocycles. The third kappa shape index (κ3) is 3.85. The lowest BCUT2D eigenvalue weighted by Crippen LogP contribution is -2.19. The number of nitrogens with zero attached hydrogens (tertiary/aromatic N) is 1. The summed E-state index contributed by atoms with van der Waals surface area (Å²) in [6.45, 7) is 4.88. The van der Waals surface area contributed by atoms with E-state index in [1.54, 1.807) is 0 Å². The van der Waals surface area contributed by atoms with Crippen LogP contribution in [-0.4, -0.2) is 18.1 Å². The first-order chi connectivity index (χ1) is 9.97. The molecule has 0 heterocycles. The molecule has 0 bridgehead atoms. The summed E-state index contributed by atoms with van der Waals surface area (Å²) in [6.07, 6.45) is 0.0664. The molecule has 0 radical (unpaired) electrons. The Morgan fingerprint density at radius 1 is 1.10 bits per heavy atom. The number of carbonyl (C=O) groups is 1. The number of aliphatic carboxylic acids is 1. The van der Waals surface area contributed by atoms with Crippen LogP contribution in [0.3, 0.4) is 0 Å². The predicted molar refractivity (Wildman–Crippen MR) is 85.8 cm³/mol. The Morgan fingerprint density at radius 3 is 2.38 bits per heavy atom. The van der Waals surface area contributed by atoms with Gasteiger partial charge in [-0.2, -0.15) is 0 Å². The van der Waals surface area contributed by atoms with Gasteiger partial charge in [-0.15, -0.1) is 0 Å². The standard InChI is InChI=1S/C18H21NO2/c1-13-8-9-17(14(2)10-13)19(3)12-16-7-5-4-6-15(16)11-18(20)21/h4-10H,11-12H2,1-3H3,(H,20,21). The average Bonchev–Trinajstić information content (AvgIpc) is 2.40. The number of aryl methyl sites for hydroxylation is 2. The summed E-state index contributed by atoms with van der Waals surface area (Å²) in [5.74, 6) is -0.795. The topological polar surface area (TPSA) is 40.5 Å². The molecular weight excluding hydrogens is 262 g/mol. The lowest BCUT2D eigenvalue weighted by molar-refractivity contribution is -0.136. The van der Waals surface area contributed by atoms with E-state index in [0.717, 1.165) is 11.1 Å². The van der Waals surface area contributed by atoms with Crippen LogP contribution >= 0.6 is 0 Å². The summed E-state index contributed by atoms with van der Waals surface area (Å²) in [4.78, 5) is 13.1. The minimum atomic E-state index is -0.795. The fourth-order valence-corrected chi connectivity index (χ4v) is 2.62. The molecule has 0 aliphatic rings. The van der Waals surface area contributed by atoms with E-state index in [0.29, 0.717) is 6.54 Å². The van der Waals surface area contributed by atoms with E-state index < -0.39 is 5.97 Å². The highest BCUT2D eigenvalue weighted by Gasteiger charge is 2.10. The van der Waals surface area contributed by atoms with E-state index >= 15 is 0 Å². The van der Waals surface area contributed by atoms with E-state index in [1.165, 1.54) is 16.8 Å². The third-order valence-electron chi connectivity index (χ3n) is 3.63. The predicted octanol–water partition coefficient (Wildman–Crippen LogP) is 3.57. The van der Waals surface area contributed by atoms with Crippen molar-refractivity contribution in [2.75, 3.05) is 11.9 Å². The molecule has 1 N–H and O–H groups in total. The zero-order valence-corrected chi connectivity index (χ0v) is 12.8. The maximum Gasteiger partial charge on any atom is 0.307 e. The Morgan fingerprint density at radius 2 is 1.76 bits per heavy atom. The van der Waals surface area contributed by atoms with Gasteiger partial charge in [0.25, 0.3) is 0 Å². The van der Waals surface area contributed by atoms with Crippen LogP contribution in [0, 0.1) is 13.8 Å². The van der Waals surface area contributed by atoms with Crippen molar-refractivity contribution in [3.05, 3.63) is 64.7 Å². The summed E-state index contributed by atoms with van der Waals surface area (Å²) in [5, 5.41) is 9.00. The first-order valence-electron chi connectivity index (χ1n) is 7.04. The normalized spacial score (nSPS) is 10.4. The van der Waals surface area contributed by atoms with Gasteiger partial charge in [0, 0.05) is 19.3 Å². The van der Waals surface area contributed by atoms with Crippen LogP contribution in [0.5, 0.6) is 0 Å². The molecule has 110 valence electrons. The minimum absolute atomic E-state index is 0.0664. The maximum absolute atomic E-state index is 11.0. The van der Waals surface area contributed by atoms with Gasteiger partial charge in [0.05, 0.1) is 6.42 Å². The molecule has 0 saturated carbocycles. The van der Waals surface area contributed by atoms with Crippen LogP contribution in [0.4, 0.5) is 5.69 Å². The highest BCUT2D eigenvalue weighted by molar-refractivity contribution is 5.70. The SMILES string of the molecule is Cc1ccc(N(C)Cc2ccccc2CC(=O)O)c(C)c1. The molecule has 2 rings (SSSR count). The molecule has 0 atom stereocenters. The van der Waals surface area contributed by atoms with Gasteiger partial charge in [0.2, 0.25) is 0 Å². The molecule has 3 heteroatoms. The van der Waals surface area contributed by atoms with E-state index in [1.807, 2.05) is 31.3 Å². The fourth-order valence-electron chi connectivity index (χ4n) is 2.62. The molecule has 0 saturated heterocycles. The molecule has 2 aromatic rings. The van der Waals surface area contributed by atoms with Crippen molar-refractivity contribution in [3.8, 4) is 0 Å². The largest absolute Gasteiger partial charge is 0.481 e. The van der Waals surface area contributed by atoms with Crippen LogP contribution in [-0.2, 0) is 17.8 Å². The number of rotatable bonds is 5. The molecule has 21 heavy (non-hydrogen) atoms. The van der Waals surface area contributed by atoms with E-state index in [-0.39, 0.29) is 6.42 Å². The highest BCUT2D eigenvalue weighted by Crippen LogP contribution is 2.22. The van der Waals surface area contributed by atoms with Gasteiger partial charge in [-0.25, -0.2) is 0 Å². The summed E-state index contributed by atoms with van der Waals surface area (Å²) < 4.78 is 0. The summed E-state index contributed by atoms with van der Waals surface area (Å²) >= 11 is 0. The molecular formula is C18H21NO2. The van der Waals surface area contributed by atoms with Gasteiger partial charge in [-0.05, 0) is 36.6 Å². The lowest BCUT2D eigenvalue weighted by Gasteiger charge is -2.23. The molecule has 0 aromatic heterocycles. The second-order valence-corrected chi connectivity index (χ2v) is 5.49. The smallest absolute Gasteiger partial charge is 0.307 e. The molecule has 2 aromatic carbocycles. The summed E-state index contributed by atoms with van der Waals surface area (Å²) in [5.41, 5.74) is 5.58. The monoisotopic (exact) mass is 283 g/mol. The number of hydrogen-bond donors (Lipinski definition) is 1. The van der Waals surface area contributed by atoms with E-state index in [9.17, 15) is 4.79 Å². The first kappa shape index (κ1) is 15.1. The second-order valence-electron chi connectivity index (χ2n) is 5.49. The van der Waals surface area contributed by atoms with Crippen LogP contribution in [0.15, 0.2) is 42.5 Å². The van der Waals surface area contributed by atoms with Gasteiger partial charge in [-0.3, -0.25) is 4.79 Å². The first-order valence-corrected chi connectivity index (χ1v) is 7.04. The van der Waals surface area contributed by atoms with Crippen LogP contribution < -0.4 is 4.90 Å². The van der Waals surface area contributed by atoms with Crippen molar-refractivity contribution in [2.24, 2.45) is 0 Å². The highest BCUT2D eigenvalue weighted by atomic mass is 16.4. The van der Waals surface area contributed by atoms with Gasteiger partial charge < -0.3 is 10.0 Å². The maximum atomic E-state index is 11.0. The van der Waals surface area contributed by atoms with Crippen LogP contribution in [0.1, 0.15) is 22.3 Å². The lowest BCUT2D eigenvalue weighted by atomic mass is 10.0. The Kier molecular flexibility index (Phi) is 4.63. The van der Waals surface area contributed by atoms with Crippen molar-refractivity contribution in [3.63, 3.8) is 0 Å². The number of carboxylic acids is 1. The summed E-state index contributed by atoms with van der Waals surface area (Å²) in [6, 6.07) is 14.1. The Bertz CT molecular complexity index is 649. The summed E-state index contributed by atoms with van der Waals surface area (Å²) in [7, 11) is 2.04. The number of carboxylic acid groups (broad SMARTS) is 1. The van der Waals surface area contributed by atoms with Crippen molar-refractivity contribution < 1.29 is 9.90 Å². The van der Waals surface area contributed by atoms with Gasteiger partial charge in [0.1, 0.15) is 0 Å². The zero-order valence-electron chi connectivity index (χ0n) is 12.8. The van der Waals surface area contributed by atoms with E-state index in [4.69, 9.17) is 5.11 Å². The molecule has 0 unspecified atom stereocenters. The Labute approximate surface area is 125 Å². The van der Waals surface area contributed by atoms with Gasteiger partial charge in [-0.1, -0.05) is 42.0 Å². The molecule has 0 amide bonds. The Hall–Kier alpha value is -2.29. The molecule has 3 nitrogen and oxygen atoms in total. The van der Waals surface area contributed by atoms with E-state index in [2.05, 4.69) is 36.9 Å². The molecule has 0 aliphatic carbocycles. The average molecular weight is 283 g/mol. The zero-order chi connectivity index (χ0) is 15.4. The fraction of sp³-hybridized carbons (Fsp3) is 0.278. The van der Waals surface area contributed by atoms with Gasteiger partial charge in [0.15, 0.2) is 0 Å². The number of hydrogen-bond acceptors (Lipinski definition) is 2. The molecule has 0 spiro atoms. The number of benzene rings is 2. The number of anilines is 1. The van der Waals surface area contributed by atoms with Crippen LogP contribution in [0.25, 0.3) is 0 Å². The third-order valence-corrected chi connectivity index (χ3v) is 3.63. The van der Waals surface area contributed by atoms with Crippen molar-refractivity contribution in [2.45, 2.75) is 26.8 Å². The molecule has 0 fully saturated rings. The van der Waals surface area contributed by atoms with Crippen molar-refractivity contribution in [1.29, 1.82) is 0 Å². The van der Waals surface area contributed by atoms with Crippen molar-refractivity contribution >= 4 is 11.7 Å². The minimum Gasteiger partial charge on any atom is -0.481 e. The quantitative estimate of drug-likeness (QED) is 0.912. The van der Waals surface area contributed by atoms with Crippen molar-refractivity contribution in [1.82, 2.24) is 0 Å². The van der Waals surface area contributed by atoms with Gasteiger partial charge >= 0.3 is 5.97 Å². The van der Waals surface area contributed by atoms with Crippen LogP contribution in [0.2, 0.25) is 0 Å². The Balaban J connectivity index is 2.23. The second kappa shape index (κ2) is 6.44.